The van der Waals surface area contributed by atoms with Crippen molar-refractivity contribution >= 4 is 11.6 Å². The molecule has 0 aliphatic carbocycles. The van der Waals surface area contributed by atoms with Gasteiger partial charge in [-0.1, -0.05) is 30.3 Å². The van der Waals surface area contributed by atoms with Gasteiger partial charge in [0, 0.05) is 38.4 Å². The van der Waals surface area contributed by atoms with Gasteiger partial charge >= 0.3 is 0 Å². The van der Waals surface area contributed by atoms with Crippen molar-refractivity contribution in [3.05, 3.63) is 60.2 Å². The van der Waals surface area contributed by atoms with Crippen molar-refractivity contribution in [2.24, 2.45) is 0 Å². The van der Waals surface area contributed by atoms with Gasteiger partial charge in [0.15, 0.2) is 0 Å². The molecule has 0 bridgehead atoms. The number of amides is 1. The van der Waals surface area contributed by atoms with Gasteiger partial charge in [0.2, 0.25) is 5.91 Å². The number of benzene rings is 2. The minimum atomic E-state index is 0.0917. The van der Waals surface area contributed by atoms with Crippen LogP contribution in [0.4, 0.5) is 5.69 Å². The third-order valence-electron chi connectivity index (χ3n) is 4.53. The van der Waals surface area contributed by atoms with E-state index in [9.17, 15) is 9.90 Å². The van der Waals surface area contributed by atoms with Crippen LogP contribution in [0.1, 0.15) is 5.56 Å². The van der Waals surface area contributed by atoms with E-state index >= 15 is 0 Å². The molecule has 0 saturated carbocycles. The minimum absolute atomic E-state index is 0.0917. The van der Waals surface area contributed by atoms with Crippen LogP contribution in [0.2, 0.25) is 0 Å². The summed E-state index contributed by atoms with van der Waals surface area (Å²) in [6.45, 7) is 4.65. The SMILES string of the molecule is O=C(CN1CCN(c2ccc(O)cc2)CC1)NCCc1ccccc1. The van der Waals surface area contributed by atoms with E-state index in [4.69, 9.17) is 0 Å². The molecule has 0 spiro atoms. The molecule has 25 heavy (non-hydrogen) atoms. The first-order valence-electron chi connectivity index (χ1n) is 8.78. The van der Waals surface area contributed by atoms with Crippen LogP contribution in [0.15, 0.2) is 54.6 Å². The fourth-order valence-corrected chi connectivity index (χ4v) is 3.08. The van der Waals surface area contributed by atoms with Crippen molar-refractivity contribution in [3.63, 3.8) is 0 Å². The number of carbonyl (C=O) groups is 1. The summed E-state index contributed by atoms with van der Waals surface area (Å²) >= 11 is 0. The fraction of sp³-hybridized carbons (Fsp3) is 0.350. The minimum Gasteiger partial charge on any atom is -0.508 e. The van der Waals surface area contributed by atoms with Crippen LogP contribution in [0.5, 0.6) is 5.75 Å². The molecule has 3 rings (SSSR count). The predicted molar refractivity (Wildman–Crippen MR) is 99.9 cm³/mol. The number of phenolic OH excluding ortho intramolecular Hbond substituents is 1. The van der Waals surface area contributed by atoms with Crippen LogP contribution in [0.3, 0.4) is 0 Å². The lowest BCUT2D eigenvalue weighted by Crippen LogP contribution is -2.49. The molecule has 132 valence electrons. The van der Waals surface area contributed by atoms with Crippen molar-refractivity contribution in [1.82, 2.24) is 10.2 Å². The molecule has 1 saturated heterocycles. The lowest BCUT2D eigenvalue weighted by Gasteiger charge is -2.35. The van der Waals surface area contributed by atoms with E-state index in [0.29, 0.717) is 13.1 Å². The normalized spacial score (nSPS) is 15.1. The summed E-state index contributed by atoms with van der Waals surface area (Å²) in [5, 5.41) is 12.4. The predicted octanol–water partition coefficient (Wildman–Crippen LogP) is 1.87. The van der Waals surface area contributed by atoms with E-state index in [1.54, 1.807) is 12.1 Å². The number of carbonyl (C=O) groups excluding carboxylic acids is 1. The number of phenols is 1. The molecule has 2 aromatic carbocycles. The average molecular weight is 339 g/mol. The Hall–Kier alpha value is -2.53. The maximum Gasteiger partial charge on any atom is 0.234 e. The monoisotopic (exact) mass is 339 g/mol. The van der Waals surface area contributed by atoms with Crippen molar-refractivity contribution in [2.75, 3.05) is 44.2 Å². The molecule has 1 fully saturated rings. The molecule has 1 heterocycles. The van der Waals surface area contributed by atoms with Gasteiger partial charge in [0.05, 0.1) is 6.54 Å². The van der Waals surface area contributed by atoms with E-state index < -0.39 is 0 Å². The largest absolute Gasteiger partial charge is 0.508 e. The standard InChI is InChI=1S/C20H25N3O2/c24-19-8-6-18(7-9-19)23-14-12-22(13-15-23)16-20(25)21-11-10-17-4-2-1-3-5-17/h1-9,24H,10-16H2,(H,21,25). The third-order valence-corrected chi connectivity index (χ3v) is 4.53. The van der Waals surface area contributed by atoms with Crippen LogP contribution >= 0.6 is 0 Å². The molecule has 0 radical (unpaired) electrons. The van der Waals surface area contributed by atoms with Crippen molar-refractivity contribution in [1.29, 1.82) is 0 Å². The summed E-state index contributed by atoms with van der Waals surface area (Å²) in [7, 11) is 0. The molecule has 5 nitrogen and oxygen atoms in total. The van der Waals surface area contributed by atoms with E-state index in [0.717, 1.165) is 38.3 Å². The summed E-state index contributed by atoms with van der Waals surface area (Å²) < 4.78 is 0. The number of hydrogen-bond acceptors (Lipinski definition) is 4. The third kappa shape index (κ3) is 5.22. The number of anilines is 1. The Labute approximate surface area is 148 Å². The Morgan fingerprint density at radius 2 is 1.64 bits per heavy atom. The first kappa shape index (κ1) is 17.3. The topological polar surface area (TPSA) is 55.8 Å². The van der Waals surface area contributed by atoms with E-state index in [2.05, 4.69) is 27.2 Å². The molecule has 1 aliphatic heterocycles. The molecule has 2 N–H and O–H groups in total. The summed E-state index contributed by atoms with van der Waals surface area (Å²) in [4.78, 5) is 16.6. The van der Waals surface area contributed by atoms with Gasteiger partial charge in [0.1, 0.15) is 5.75 Å². The summed E-state index contributed by atoms with van der Waals surface area (Å²) in [6, 6.07) is 17.5. The van der Waals surface area contributed by atoms with Gasteiger partial charge in [0.25, 0.3) is 0 Å². The highest BCUT2D eigenvalue weighted by molar-refractivity contribution is 5.78. The number of nitrogens with zero attached hydrogens (tertiary/aromatic N) is 2. The summed E-state index contributed by atoms with van der Waals surface area (Å²) in [5.41, 5.74) is 2.36. The Kier molecular flexibility index (Phi) is 5.90. The van der Waals surface area contributed by atoms with Crippen LogP contribution in [0.25, 0.3) is 0 Å². The molecular formula is C20H25N3O2. The van der Waals surface area contributed by atoms with Gasteiger partial charge in [-0.3, -0.25) is 9.69 Å². The highest BCUT2D eigenvalue weighted by Crippen LogP contribution is 2.19. The number of nitrogens with one attached hydrogen (secondary N) is 1. The molecule has 0 aromatic heterocycles. The summed E-state index contributed by atoms with van der Waals surface area (Å²) in [5.74, 6) is 0.378. The van der Waals surface area contributed by atoms with Crippen LogP contribution in [-0.2, 0) is 11.2 Å². The van der Waals surface area contributed by atoms with E-state index in [-0.39, 0.29) is 11.7 Å². The zero-order valence-corrected chi connectivity index (χ0v) is 14.4. The van der Waals surface area contributed by atoms with Crippen molar-refractivity contribution < 1.29 is 9.90 Å². The Bertz CT molecular complexity index is 665. The van der Waals surface area contributed by atoms with Gasteiger partial charge in [-0.25, -0.2) is 0 Å². The second-order valence-corrected chi connectivity index (χ2v) is 6.37. The zero-order chi connectivity index (χ0) is 17.5. The van der Waals surface area contributed by atoms with Crippen LogP contribution in [0, 0.1) is 0 Å². The first-order chi connectivity index (χ1) is 12.2. The van der Waals surface area contributed by atoms with Crippen molar-refractivity contribution in [3.8, 4) is 5.75 Å². The molecular weight excluding hydrogens is 314 g/mol. The molecule has 2 aromatic rings. The van der Waals surface area contributed by atoms with Gasteiger partial charge in [-0.15, -0.1) is 0 Å². The Balaban J connectivity index is 1.37. The summed E-state index contributed by atoms with van der Waals surface area (Å²) in [6.07, 6.45) is 0.862. The number of hydrogen-bond donors (Lipinski definition) is 2. The fourth-order valence-electron chi connectivity index (χ4n) is 3.08. The molecule has 1 amide bonds. The smallest absolute Gasteiger partial charge is 0.234 e. The van der Waals surface area contributed by atoms with Crippen LogP contribution < -0.4 is 10.2 Å². The zero-order valence-electron chi connectivity index (χ0n) is 14.4. The van der Waals surface area contributed by atoms with Crippen LogP contribution in [-0.4, -0.2) is 55.2 Å². The van der Waals surface area contributed by atoms with Gasteiger partial charge in [-0.05, 0) is 36.2 Å². The Morgan fingerprint density at radius 3 is 2.32 bits per heavy atom. The highest BCUT2D eigenvalue weighted by atomic mass is 16.3. The van der Waals surface area contributed by atoms with Gasteiger partial charge in [-0.2, -0.15) is 0 Å². The van der Waals surface area contributed by atoms with Crippen molar-refractivity contribution in [2.45, 2.75) is 6.42 Å². The second kappa shape index (κ2) is 8.53. The second-order valence-electron chi connectivity index (χ2n) is 6.37. The average Bonchev–Trinajstić information content (AvgIpc) is 2.64. The lowest BCUT2D eigenvalue weighted by molar-refractivity contribution is -0.122. The van der Waals surface area contributed by atoms with E-state index in [1.807, 2.05) is 30.3 Å². The molecule has 0 unspecified atom stereocenters. The number of piperazine rings is 1. The maximum absolute atomic E-state index is 12.1. The molecule has 0 atom stereocenters. The first-order valence-corrected chi connectivity index (χ1v) is 8.78. The Morgan fingerprint density at radius 1 is 0.960 bits per heavy atom. The number of rotatable bonds is 6. The molecule has 1 aliphatic rings. The lowest BCUT2D eigenvalue weighted by atomic mass is 10.1. The highest BCUT2D eigenvalue weighted by Gasteiger charge is 2.19. The maximum atomic E-state index is 12.1. The quantitative estimate of drug-likeness (QED) is 0.844. The number of aromatic hydroxyl groups is 1. The van der Waals surface area contributed by atoms with E-state index in [1.165, 1.54) is 5.56 Å². The molecule has 5 heteroatoms. The van der Waals surface area contributed by atoms with Gasteiger partial charge < -0.3 is 15.3 Å².